The molecule has 1 unspecified atom stereocenters. The van der Waals surface area contributed by atoms with Crippen LogP contribution in [-0.2, 0) is 14.3 Å². The molecule has 150 valence electrons. The summed E-state index contributed by atoms with van der Waals surface area (Å²) < 4.78 is 28.0. The lowest BCUT2D eigenvalue weighted by Crippen LogP contribution is -2.35. The Labute approximate surface area is 170 Å². The van der Waals surface area contributed by atoms with Gasteiger partial charge in [-0.1, -0.05) is 30.8 Å². The summed E-state index contributed by atoms with van der Waals surface area (Å²) in [5.41, 5.74) is 2.42. The lowest BCUT2D eigenvalue weighted by atomic mass is 10.1. The maximum Gasteiger partial charge on any atom is 0.264 e. The van der Waals surface area contributed by atoms with E-state index in [-0.39, 0.29) is 18.6 Å². The summed E-state index contributed by atoms with van der Waals surface area (Å²) in [6.07, 6.45) is 1.91. The molecule has 1 heterocycles. The first kappa shape index (κ1) is 20.7. The van der Waals surface area contributed by atoms with Gasteiger partial charge in [0.2, 0.25) is 0 Å². The number of amides is 1. The standard InChI is InChI=1S/C20H24N2O4S2/c1-4-11-21-20(23)15-9-10-19-17(12-15)22(14(2)13-26-28(3,24)25)16-7-5-6-8-18(16)27-19/h5-10,12,14H,4,11,13H2,1-3H3,(H,21,23). The van der Waals surface area contributed by atoms with Gasteiger partial charge in [0.05, 0.1) is 30.3 Å². The summed E-state index contributed by atoms with van der Waals surface area (Å²) in [7, 11) is -3.54. The van der Waals surface area contributed by atoms with Crippen molar-refractivity contribution in [2.45, 2.75) is 36.1 Å². The molecule has 1 aliphatic heterocycles. The third-order valence-corrected chi connectivity index (χ3v) is 6.02. The molecule has 0 saturated heterocycles. The van der Waals surface area contributed by atoms with Crippen LogP contribution in [0.5, 0.6) is 0 Å². The number of anilines is 2. The summed E-state index contributed by atoms with van der Waals surface area (Å²) in [5.74, 6) is -0.117. The number of hydrogen-bond acceptors (Lipinski definition) is 6. The fourth-order valence-corrected chi connectivity index (χ4v) is 4.53. The van der Waals surface area contributed by atoms with E-state index in [1.54, 1.807) is 11.8 Å². The highest BCUT2D eigenvalue weighted by atomic mass is 32.2. The SMILES string of the molecule is CCCNC(=O)c1ccc2c(c1)N(C(C)COS(C)(=O)=O)c1ccccc1S2. The summed E-state index contributed by atoms with van der Waals surface area (Å²) in [6.45, 7) is 4.55. The Morgan fingerprint density at radius 1 is 1.18 bits per heavy atom. The second-order valence-corrected chi connectivity index (χ2v) is 9.44. The average Bonchev–Trinajstić information content (AvgIpc) is 2.67. The summed E-state index contributed by atoms with van der Waals surface area (Å²) in [6, 6.07) is 13.3. The Kier molecular flexibility index (Phi) is 6.32. The third-order valence-electron chi connectivity index (χ3n) is 4.33. The fourth-order valence-electron chi connectivity index (χ4n) is 3.04. The minimum atomic E-state index is -3.54. The average molecular weight is 421 g/mol. The van der Waals surface area contributed by atoms with E-state index in [4.69, 9.17) is 4.18 Å². The normalized spacial score (nSPS) is 14.2. The highest BCUT2D eigenvalue weighted by molar-refractivity contribution is 7.99. The minimum Gasteiger partial charge on any atom is -0.352 e. The zero-order valence-corrected chi connectivity index (χ0v) is 17.8. The van der Waals surface area contributed by atoms with Crippen LogP contribution in [0, 0.1) is 0 Å². The molecule has 0 radical (unpaired) electrons. The zero-order valence-electron chi connectivity index (χ0n) is 16.1. The maximum atomic E-state index is 12.4. The van der Waals surface area contributed by atoms with Gasteiger partial charge in [-0.2, -0.15) is 8.42 Å². The van der Waals surface area contributed by atoms with E-state index in [9.17, 15) is 13.2 Å². The zero-order chi connectivity index (χ0) is 20.3. The van der Waals surface area contributed by atoms with Gasteiger partial charge in [0.1, 0.15) is 0 Å². The van der Waals surface area contributed by atoms with E-state index in [0.717, 1.165) is 33.8 Å². The molecular formula is C20H24N2O4S2. The molecule has 6 nitrogen and oxygen atoms in total. The van der Waals surface area contributed by atoms with Gasteiger partial charge in [-0.25, -0.2) is 0 Å². The first-order chi connectivity index (χ1) is 13.3. The van der Waals surface area contributed by atoms with Crippen molar-refractivity contribution in [2.75, 3.05) is 24.3 Å². The van der Waals surface area contributed by atoms with Crippen LogP contribution in [0.2, 0.25) is 0 Å². The molecule has 0 bridgehead atoms. The van der Waals surface area contributed by atoms with Gasteiger partial charge in [0.15, 0.2) is 0 Å². The lowest BCUT2D eigenvalue weighted by Gasteiger charge is -2.37. The van der Waals surface area contributed by atoms with Gasteiger partial charge in [0.25, 0.3) is 16.0 Å². The highest BCUT2D eigenvalue weighted by Gasteiger charge is 2.28. The quantitative estimate of drug-likeness (QED) is 0.687. The largest absolute Gasteiger partial charge is 0.352 e. The molecule has 0 spiro atoms. The summed E-state index contributed by atoms with van der Waals surface area (Å²) in [5, 5.41) is 2.90. The molecule has 8 heteroatoms. The Morgan fingerprint density at radius 3 is 2.61 bits per heavy atom. The number of nitrogens with one attached hydrogen (secondary N) is 1. The van der Waals surface area contributed by atoms with E-state index >= 15 is 0 Å². The lowest BCUT2D eigenvalue weighted by molar-refractivity contribution is 0.0953. The van der Waals surface area contributed by atoms with Crippen molar-refractivity contribution >= 4 is 39.2 Å². The van der Waals surface area contributed by atoms with Crippen LogP contribution in [0.1, 0.15) is 30.6 Å². The molecule has 1 amide bonds. The molecule has 0 fully saturated rings. The minimum absolute atomic E-state index is 0.0174. The second-order valence-electron chi connectivity index (χ2n) is 6.72. The van der Waals surface area contributed by atoms with Crippen LogP contribution < -0.4 is 10.2 Å². The van der Waals surface area contributed by atoms with Crippen molar-refractivity contribution in [3.05, 3.63) is 48.0 Å². The molecule has 1 atom stereocenters. The third kappa shape index (κ3) is 4.68. The van der Waals surface area contributed by atoms with E-state index in [1.165, 1.54) is 0 Å². The van der Waals surface area contributed by atoms with Gasteiger partial charge in [-0.15, -0.1) is 0 Å². The monoisotopic (exact) mass is 420 g/mol. The van der Waals surface area contributed by atoms with E-state index in [2.05, 4.69) is 5.32 Å². The van der Waals surface area contributed by atoms with Crippen molar-refractivity contribution in [1.82, 2.24) is 5.32 Å². The van der Waals surface area contributed by atoms with Crippen LogP contribution in [0.25, 0.3) is 0 Å². The van der Waals surface area contributed by atoms with E-state index in [1.807, 2.05) is 61.2 Å². The van der Waals surface area contributed by atoms with Crippen molar-refractivity contribution in [3.8, 4) is 0 Å². The number of nitrogens with zero attached hydrogens (tertiary/aromatic N) is 1. The fraction of sp³-hybridized carbons (Fsp3) is 0.350. The Balaban J connectivity index is 1.99. The van der Waals surface area contributed by atoms with E-state index in [0.29, 0.717) is 12.1 Å². The number of hydrogen-bond donors (Lipinski definition) is 1. The number of carbonyl (C=O) groups is 1. The van der Waals surface area contributed by atoms with Crippen molar-refractivity contribution in [2.24, 2.45) is 0 Å². The van der Waals surface area contributed by atoms with Crippen LogP contribution in [0.15, 0.2) is 52.3 Å². The van der Waals surface area contributed by atoms with Gasteiger partial charge in [-0.05, 0) is 43.7 Å². The molecule has 3 rings (SSSR count). The predicted octanol–water partition coefficient (Wildman–Crippen LogP) is 3.79. The number of benzene rings is 2. The molecule has 2 aromatic carbocycles. The van der Waals surface area contributed by atoms with Crippen molar-refractivity contribution in [3.63, 3.8) is 0 Å². The van der Waals surface area contributed by atoms with Gasteiger partial charge < -0.3 is 10.2 Å². The number of carbonyl (C=O) groups excluding carboxylic acids is 1. The van der Waals surface area contributed by atoms with Crippen LogP contribution in [0.3, 0.4) is 0 Å². The van der Waals surface area contributed by atoms with E-state index < -0.39 is 10.1 Å². The molecule has 0 aromatic heterocycles. The number of para-hydroxylation sites is 1. The predicted molar refractivity (Wildman–Crippen MR) is 112 cm³/mol. The molecular weight excluding hydrogens is 396 g/mol. The molecule has 28 heavy (non-hydrogen) atoms. The van der Waals surface area contributed by atoms with Gasteiger partial charge >= 0.3 is 0 Å². The van der Waals surface area contributed by atoms with Crippen molar-refractivity contribution in [1.29, 1.82) is 0 Å². The van der Waals surface area contributed by atoms with Crippen molar-refractivity contribution < 1.29 is 17.4 Å². The topological polar surface area (TPSA) is 75.7 Å². The van der Waals surface area contributed by atoms with Gasteiger partial charge in [0, 0.05) is 21.9 Å². The first-order valence-electron chi connectivity index (χ1n) is 9.13. The molecule has 0 aliphatic carbocycles. The smallest absolute Gasteiger partial charge is 0.264 e. The van der Waals surface area contributed by atoms with Gasteiger partial charge in [-0.3, -0.25) is 8.98 Å². The number of rotatable bonds is 7. The Bertz CT molecular complexity index is 976. The highest BCUT2D eigenvalue weighted by Crippen LogP contribution is 2.49. The molecule has 2 aromatic rings. The molecule has 1 N–H and O–H groups in total. The number of fused-ring (bicyclic) bond motifs is 2. The van der Waals surface area contributed by atoms with Crippen LogP contribution in [-0.4, -0.2) is 39.8 Å². The van der Waals surface area contributed by atoms with Crippen LogP contribution in [0.4, 0.5) is 11.4 Å². The summed E-state index contributed by atoms with van der Waals surface area (Å²) in [4.78, 5) is 16.6. The summed E-state index contributed by atoms with van der Waals surface area (Å²) >= 11 is 1.63. The first-order valence-corrected chi connectivity index (χ1v) is 11.8. The second kappa shape index (κ2) is 8.55. The Morgan fingerprint density at radius 2 is 1.89 bits per heavy atom. The Hall–Kier alpha value is -2.03. The molecule has 1 aliphatic rings. The maximum absolute atomic E-state index is 12.4. The molecule has 0 saturated carbocycles. The van der Waals surface area contributed by atoms with Crippen LogP contribution >= 0.6 is 11.8 Å².